The van der Waals surface area contributed by atoms with Crippen molar-refractivity contribution in [2.24, 2.45) is 0 Å². The monoisotopic (exact) mass is 323 g/mol. The van der Waals surface area contributed by atoms with Crippen LogP contribution in [0, 0.1) is 0 Å². The minimum absolute atomic E-state index is 0.264. The summed E-state index contributed by atoms with van der Waals surface area (Å²) < 4.78 is 5.69. The van der Waals surface area contributed by atoms with Gasteiger partial charge in [0.15, 0.2) is 5.52 Å². The van der Waals surface area contributed by atoms with E-state index >= 15 is 0 Å². The van der Waals surface area contributed by atoms with E-state index in [1.807, 2.05) is 37.3 Å². The Morgan fingerprint density at radius 1 is 1.21 bits per heavy atom. The van der Waals surface area contributed by atoms with Gasteiger partial charge in [0.05, 0.1) is 17.8 Å². The molecule has 2 aromatic heterocycles. The molecule has 1 fully saturated rings. The van der Waals surface area contributed by atoms with Gasteiger partial charge in [-0.3, -0.25) is 9.78 Å². The maximum absolute atomic E-state index is 12.2. The largest absolute Gasteiger partial charge is 0.493 e. The van der Waals surface area contributed by atoms with E-state index in [1.54, 1.807) is 0 Å². The molecule has 1 aliphatic carbocycles. The van der Waals surface area contributed by atoms with Crippen molar-refractivity contribution in [3.05, 3.63) is 56.7 Å². The van der Waals surface area contributed by atoms with E-state index < -0.39 is 11.2 Å². The maximum Gasteiger partial charge on any atom is 0.326 e. The predicted molar refractivity (Wildman–Crippen MR) is 91.6 cm³/mol. The molecule has 6 heteroatoms. The maximum atomic E-state index is 12.2. The summed E-state index contributed by atoms with van der Waals surface area (Å²) >= 11 is 0. The van der Waals surface area contributed by atoms with Crippen LogP contribution in [0.4, 0.5) is 0 Å². The summed E-state index contributed by atoms with van der Waals surface area (Å²) in [6.07, 6.45) is 2.11. The molecular formula is C18H17N3O3. The molecule has 122 valence electrons. The van der Waals surface area contributed by atoms with Crippen LogP contribution in [0.2, 0.25) is 0 Å². The van der Waals surface area contributed by atoms with E-state index in [2.05, 4.69) is 15.0 Å². The van der Waals surface area contributed by atoms with Gasteiger partial charge in [0.1, 0.15) is 5.75 Å². The summed E-state index contributed by atoms with van der Waals surface area (Å²) in [4.78, 5) is 33.4. The van der Waals surface area contributed by atoms with Crippen molar-refractivity contribution in [3.8, 4) is 17.0 Å². The van der Waals surface area contributed by atoms with Gasteiger partial charge in [-0.05, 0) is 49.4 Å². The number of nitrogens with one attached hydrogen (secondary N) is 2. The second-order valence-corrected chi connectivity index (χ2v) is 5.93. The van der Waals surface area contributed by atoms with Crippen LogP contribution in [0.1, 0.15) is 31.2 Å². The first-order valence-electron chi connectivity index (χ1n) is 8.07. The molecule has 0 aliphatic heterocycles. The average Bonchev–Trinajstić information content (AvgIpc) is 3.40. The zero-order valence-corrected chi connectivity index (χ0v) is 13.3. The van der Waals surface area contributed by atoms with Crippen molar-refractivity contribution >= 4 is 11.0 Å². The Morgan fingerprint density at radius 3 is 2.75 bits per heavy atom. The second-order valence-electron chi connectivity index (χ2n) is 5.93. The Hall–Kier alpha value is -2.89. The molecule has 1 aliphatic rings. The number of aromatic nitrogens is 3. The van der Waals surface area contributed by atoms with E-state index in [-0.39, 0.29) is 5.52 Å². The lowest BCUT2D eigenvalue weighted by Gasteiger charge is -2.12. The predicted octanol–water partition coefficient (Wildman–Crippen LogP) is 2.55. The number of rotatable bonds is 4. The molecular weight excluding hydrogens is 306 g/mol. The summed E-state index contributed by atoms with van der Waals surface area (Å²) in [6.45, 7) is 2.48. The van der Waals surface area contributed by atoms with Crippen LogP contribution in [0.5, 0.6) is 5.75 Å². The van der Waals surface area contributed by atoms with Crippen molar-refractivity contribution in [1.82, 2.24) is 15.0 Å². The molecule has 0 amide bonds. The van der Waals surface area contributed by atoms with Gasteiger partial charge < -0.3 is 9.72 Å². The van der Waals surface area contributed by atoms with Gasteiger partial charge in [0.25, 0.3) is 5.56 Å². The summed E-state index contributed by atoms with van der Waals surface area (Å²) in [5.41, 5.74) is 2.35. The lowest BCUT2D eigenvalue weighted by Crippen LogP contribution is -2.23. The van der Waals surface area contributed by atoms with Gasteiger partial charge in [-0.2, -0.15) is 0 Å². The van der Waals surface area contributed by atoms with Crippen LogP contribution < -0.4 is 16.0 Å². The van der Waals surface area contributed by atoms with Gasteiger partial charge in [0.2, 0.25) is 0 Å². The molecule has 0 radical (unpaired) electrons. The molecule has 2 heterocycles. The number of H-pyrrole nitrogens is 2. The molecule has 6 nitrogen and oxygen atoms in total. The summed E-state index contributed by atoms with van der Waals surface area (Å²) in [7, 11) is 0. The highest BCUT2D eigenvalue weighted by Gasteiger charge is 2.28. The Labute approximate surface area is 137 Å². The normalized spacial score (nSPS) is 14.0. The van der Waals surface area contributed by atoms with Gasteiger partial charge in [0, 0.05) is 5.56 Å². The SMILES string of the molecule is CCOc1ccccc1-c1cc(C2CC2)c2[nH]c(=O)[nH]c(=O)c2n1. The number of ether oxygens (including phenoxy) is 1. The van der Waals surface area contributed by atoms with Gasteiger partial charge in [-0.25, -0.2) is 9.78 Å². The fraction of sp³-hybridized carbons (Fsp3) is 0.278. The van der Waals surface area contributed by atoms with E-state index in [1.165, 1.54) is 0 Å². The van der Waals surface area contributed by atoms with Crippen LogP contribution in [-0.2, 0) is 0 Å². The number of benzene rings is 1. The Kier molecular flexibility index (Phi) is 3.45. The van der Waals surface area contributed by atoms with Crippen LogP contribution in [-0.4, -0.2) is 21.6 Å². The summed E-state index contributed by atoms with van der Waals surface area (Å²) in [6, 6.07) is 9.60. The van der Waals surface area contributed by atoms with Crippen LogP contribution in [0.15, 0.2) is 39.9 Å². The Balaban J connectivity index is 2.01. The molecule has 0 saturated heterocycles. The molecule has 0 unspecified atom stereocenters. The quantitative estimate of drug-likeness (QED) is 0.772. The van der Waals surface area contributed by atoms with E-state index in [4.69, 9.17) is 4.74 Å². The highest BCUT2D eigenvalue weighted by Crippen LogP contribution is 2.43. The minimum atomic E-state index is -0.501. The molecule has 4 rings (SSSR count). The number of nitrogens with zero attached hydrogens (tertiary/aromatic N) is 1. The smallest absolute Gasteiger partial charge is 0.326 e. The fourth-order valence-corrected chi connectivity index (χ4v) is 2.98. The van der Waals surface area contributed by atoms with Crippen molar-refractivity contribution in [1.29, 1.82) is 0 Å². The van der Waals surface area contributed by atoms with Gasteiger partial charge >= 0.3 is 5.69 Å². The average molecular weight is 323 g/mol. The first-order valence-corrected chi connectivity index (χ1v) is 8.07. The second kappa shape index (κ2) is 5.63. The zero-order valence-electron chi connectivity index (χ0n) is 13.3. The summed E-state index contributed by atoms with van der Waals surface area (Å²) in [5.74, 6) is 1.10. The first-order chi connectivity index (χ1) is 11.7. The number of fused-ring (bicyclic) bond motifs is 1. The van der Waals surface area contributed by atoms with Crippen molar-refractivity contribution in [2.75, 3.05) is 6.61 Å². The number of pyridine rings is 1. The molecule has 2 N–H and O–H groups in total. The van der Waals surface area contributed by atoms with Crippen molar-refractivity contribution in [3.63, 3.8) is 0 Å². The molecule has 24 heavy (non-hydrogen) atoms. The lowest BCUT2D eigenvalue weighted by atomic mass is 10.0. The van der Waals surface area contributed by atoms with E-state index in [0.717, 1.165) is 29.7 Å². The van der Waals surface area contributed by atoms with Crippen molar-refractivity contribution in [2.45, 2.75) is 25.7 Å². The number of para-hydroxylation sites is 1. The molecule has 1 saturated carbocycles. The minimum Gasteiger partial charge on any atom is -0.493 e. The Morgan fingerprint density at radius 2 is 2.00 bits per heavy atom. The number of hydrogen-bond donors (Lipinski definition) is 2. The fourth-order valence-electron chi connectivity index (χ4n) is 2.98. The molecule has 1 aromatic carbocycles. The number of aromatic amines is 2. The zero-order chi connectivity index (χ0) is 16.7. The van der Waals surface area contributed by atoms with Crippen LogP contribution in [0.25, 0.3) is 22.3 Å². The van der Waals surface area contributed by atoms with Crippen molar-refractivity contribution < 1.29 is 4.74 Å². The molecule has 0 bridgehead atoms. The highest BCUT2D eigenvalue weighted by atomic mass is 16.5. The first kappa shape index (κ1) is 14.7. The van der Waals surface area contributed by atoms with E-state index in [0.29, 0.717) is 23.7 Å². The van der Waals surface area contributed by atoms with Crippen LogP contribution in [0.3, 0.4) is 0 Å². The standard InChI is InChI=1S/C18H17N3O3/c1-2-24-14-6-4-3-5-11(14)13-9-12(10-7-8-10)15-16(19-13)17(22)21-18(23)20-15/h3-6,9-10H,2,7-8H2,1H3,(H2,20,21,22,23). The van der Waals surface area contributed by atoms with Gasteiger partial charge in [-0.1, -0.05) is 12.1 Å². The highest BCUT2D eigenvalue weighted by molar-refractivity contribution is 5.82. The third-order valence-corrected chi connectivity index (χ3v) is 4.21. The molecule has 3 aromatic rings. The number of hydrogen-bond acceptors (Lipinski definition) is 4. The molecule has 0 atom stereocenters. The third kappa shape index (κ3) is 2.50. The Bertz CT molecular complexity index is 1030. The lowest BCUT2D eigenvalue weighted by molar-refractivity contribution is 0.341. The third-order valence-electron chi connectivity index (χ3n) is 4.21. The molecule has 0 spiro atoms. The van der Waals surface area contributed by atoms with Crippen LogP contribution >= 0.6 is 0 Å². The topological polar surface area (TPSA) is 87.8 Å². The summed E-state index contributed by atoms with van der Waals surface area (Å²) in [5, 5.41) is 0. The van der Waals surface area contributed by atoms with Gasteiger partial charge in [-0.15, -0.1) is 0 Å². The van der Waals surface area contributed by atoms with E-state index in [9.17, 15) is 9.59 Å².